The first-order valence-corrected chi connectivity index (χ1v) is 9.59. The van der Waals surface area contributed by atoms with E-state index >= 15 is 0 Å². The minimum atomic E-state index is 0.450. The fourth-order valence-corrected chi connectivity index (χ4v) is 3.85. The lowest BCUT2D eigenvalue weighted by molar-refractivity contribution is 0.393. The van der Waals surface area contributed by atoms with Crippen molar-refractivity contribution in [2.75, 3.05) is 51.7 Å². The molecule has 0 spiro atoms. The Bertz CT molecular complexity index is 559. The second-order valence-corrected chi connectivity index (χ2v) is 7.84. The van der Waals surface area contributed by atoms with Crippen LogP contribution in [0.15, 0.2) is 33.7 Å². The van der Waals surface area contributed by atoms with E-state index in [1.807, 2.05) is 7.05 Å². The summed E-state index contributed by atoms with van der Waals surface area (Å²) in [7, 11) is 4.06. The number of nitrogens with zero attached hydrogens (tertiary/aromatic N) is 3. The van der Waals surface area contributed by atoms with Gasteiger partial charge in [-0.25, -0.2) is 0 Å². The van der Waals surface area contributed by atoms with E-state index in [-0.39, 0.29) is 0 Å². The quantitative estimate of drug-likeness (QED) is 0.607. The molecule has 0 aliphatic carbocycles. The summed E-state index contributed by atoms with van der Waals surface area (Å²) in [5.74, 6) is 1.67. The molecule has 6 heteroatoms. The molecule has 24 heavy (non-hydrogen) atoms. The second-order valence-electron chi connectivity index (χ2n) is 6.92. The monoisotopic (exact) mass is 393 g/mol. The highest BCUT2D eigenvalue weighted by atomic mass is 79.9. The molecule has 1 aromatic carbocycles. The number of rotatable bonds is 4. The van der Waals surface area contributed by atoms with E-state index in [2.05, 4.69) is 72.7 Å². The van der Waals surface area contributed by atoms with Gasteiger partial charge in [0, 0.05) is 49.4 Å². The SMILES string of the molecule is CN=C(NCC1CCN(C)C1)NC1CCN(c2ccc(Br)cc2)C1. The Morgan fingerprint density at radius 1 is 1.21 bits per heavy atom. The molecule has 0 radical (unpaired) electrons. The van der Waals surface area contributed by atoms with E-state index in [1.165, 1.54) is 25.2 Å². The van der Waals surface area contributed by atoms with Gasteiger partial charge >= 0.3 is 0 Å². The van der Waals surface area contributed by atoms with Gasteiger partial charge in [-0.1, -0.05) is 15.9 Å². The van der Waals surface area contributed by atoms with Crippen molar-refractivity contribution in [2.24, 2.45) is 10.9 Å². The van der Waals surface area contributed by atoms with E-state index in [0.717, 1.165) is 42.4 Å². The molecule has 0 amide bonds. The average molecular weight is 394 g/mol. The van der Waals surface area contributed by atoms with Crippen molar-refractivity contribution in [1.29, 1.82) is 0 Å². The molecule has 2 N–H and O–H groups in total. The fourth-order valence-electron chi connectivity index (χ4n) is 3.59. The number of nitrogens with one attached hydrogen (secondary N) is 2. The van der Waals surface area contributed by atoms with Crippen LogP contribution >= 0.6 is 15.9 Å². The molecule has 2 atom stereocenters. The van der Waals surface area contributed by atoms with E-state index < -0.39 is 0 Å². The Balaban J connectivity index is 1.46. The van der Waals surface area contributed by atoms with Crippen molar-refractivity contribution in [3.8, 4) is 0 Å². The Morgan fingerprint density at radius 3 is 2.67 bits per heavy atom. The van der Waals surface area contributed by atoms with Crippen LogP contribution in [0.2, 0.25) is 0 Å². The van der Waals surface area contributed by atoms with Crippen LogP contribution in [0.5, 0.6) is 0 Å². The van der Waals surface area contributed by atoms with Crippen LogP contribution < -0.4 is 15.5 Å². The van der Waals surface area contributed by atoms with Gasteiger partial charge in [-0.3, -0.25) is 4.99 Å². The number of hydrogen-bond acceptors (Lipinski definition) is 3. The molecule has 2 aliphatic rings. The molecule has 132 valence electrons. The van der Waals surface area contributed by atoms with E-state index in [1.54, 1.807) is 0 Å². The number of halogens is 1. The van der Waals surface area contributed by atoms with E-state index in [0.29, 0.717) is 6.04 Å². The van der Waals surface area contributed by atoms with Gasteiger partial charge in [0.1, 0.15) is 0 Å². The maximum Gasteiger partial charge on any atom is 0.191 e. The summed E-state index contributed by atoms with van der Waals surface area (Å²) < 4.78 is 1.13. The van der Waals surface area contributed by atoms with E-state index in [4.69, 9.17) is 0 Å². The maximum atomic E-state index is 4.40. The molecular weight excluding hydrogens is 366 g/mol. The summed E-state index contributed by atoms with van der Waals surface area (Å²) in [4.78, 5) is 9.23. The predicted molar refractivity (Wildman–Crippen MR) is 105 cm³/mol. The number of hydrogen-bond donors (Lipinski definition) is 2. The van der Waals surface area contributed by atoms with Crippen molar-refractivity contribution in [3.63, 3.8) is 0 Å². The summed E-state index contributed by atoms with van der Waals surface area (Å²) in [5, 5.41) is 7.09. The molecule has 0 bridgehead atoms. The smallest absolute Gasteiger partial charge is 0.191 e. The Morgan fingerprint density at radius 2 is 2.00 bits per heavy atom. The lowest BCUT2D eigenvalue weighted by atomic mass is 10.1. The number of guanidine groups is 1. The number of likely N-dealkylation sites (tertiary alicyclic amines) is 1. The first-order chi connectivity index (χ1) is 11.6. The summed E-state index contributed by atoms with van der Waals surface area (Å²) in [5.41, 5.74) is 1.29. The molecule has 0 aromatic heterocycles. The van der Waals surface area contributed by atoms with Crippen molar-refractivity contribution in [3.05, 3.63) is 28.7 Å². The van der Waals surface area contributed by atoms with Crippen LogP contribution in [0.3, 0.4) is 0 Å². The van der Waals surface area contributed by atoms with Gasteiger partial charge in [-0.05, 0) is 56.6 Å². The van der Waals surface area contributed by atoms with Gasteiger partial charge in [0.05, 0.1) is 0 Å². The topological polar surface area (TPSA) is 42.9 Å². The lowest BCUT2D eigenvalue weighted by Crippen LogP contribution is -2.46. The zero-order valence-electron chi connectivity index (χ0n) is 14.6. The van der Waals surface area contributed by atoms with Gasteiger partial charge in [0.15, 0.2) is 5.96 Å². The Hall–Kier alpha value is -1.27. The summed E-state index contributed by atoms with van der Waals surface area (Å²) >= 11 is 3.50. The first kappa shape index (κ1) is 17.5. The molecule has 1 aromatic rings. The molecule has 5 nitrogen and oxygen atoms in total. The second kappa shape index (κ2) is 8.21. The van der Waals surface area contributed by atoms with Gasteiger partial charge < -0.3 is 20.4 Å². The highest BCUT2D eigenvalue weighted by Crippen LogP contribution is 2.22. The average Bonchev–Trinajstić information content (AvgIpc) is 3.21. The standard InChI is InChI=1S/C18H28BrN5/c1-20-18(21-11-14-7-9-23(2)12-14)22-16-8-10-24(13-16)17-5-3-15(19)4-6-17/h3-6,14,16H,7-13H2,1-2H3,(H2,20,21,22). The Kier molecular flexibility index (Phi) is 6.00. The van der Waals surface area contributed by atoms with Gasteiger partial charge in [-0.15, -0.1) is 0 Å². The number of anilines is 1. The number of benzene rings is 1. The van der Waals surface area contributed by atoms with Crippen LogP contribution in [-0.4, -0.2) is 63.7 Å². The van der Waals surface area contributed by atoms with Gasteiger partial charge in [0.2, 0.25) is 0 Å². The summed E-state index contributed by atoms with van der Waals surface area (Å²) in [6, 6.07) is 9.02. The zero-order chi connectivity index (χ0) is 16.9. The van der Waals surface area contributed by atoms with Gasteiger partial charge in [-0.2, -0.15) is 0 Å². The molecule has 3 rings (SSSR count). The molecule has 2 saturated heterocycles. The van der Waals surface area contributed by atoms with Crippen LogP contribution in [-0.2, 0) is 0 Å². The third-order valence-corrected chi connectivity index (χ3v) is 5.52. The molecule has 2 unspecified atom stereocenters. The molecule has 2 aliphatic heterocycles. The maximum absolute atomic E-state index is 4.40. The predicted octanol–water partition coefficient (Wildman–Crippen LogP) is 2.14. The van der Waals surface area contributed by atoms with Crippen LogP contribution in [0.25, 0.3) is 0 Å². The highest BCUT2D eigenvalue weighted by Gasteiger charge is 2.24. The van der Waals surface area contributed by atoms with Crippen molar-refractivity contribution in [1.82, 2.24) is 15.5 Å². The molecular formula is C18H28BrN5. The lowest BCUT2D eigenvalue weighted by Gasteiger charge is -2.21. The summed E-state index contributed by atoms with van der Waals surface area (Å²) in [6.07, 6.45) is 2.42. The molecule has 0 saturated carbocycles. The van der Waals surface area contributed by atoms with Crippen LogP contribution in [0, 0.1) is 5.92 Å². The minimum absolute atomic E-state index is 0.450. The fraction of sp³-hybridized carbons (Fsp3) is 0.611. The highest BCUT2D eigenvalue weighted by molar-refractivity contribution is 9.10. The third kappa shape index (κ3) is 4.63. The first-order valence-electron chi connectivity index (χ1n) is 8.80. The third-order valence-electron chi connectivity index (χ3n) is 4.99. The van der Waals surface area contributed by atoms with Crippen LogP contribution in [0.4, 0.5) is 5.69 Å². The zero-order valence-corrected chi connectivity index (χ0v) is 16.2. The van der Waals surface area contributed by atoms with E-state index in [9.17, 15) is 0 Å². The minimum Gasteiger partial charge on any atom is -0.369 e. The van der Waals surface area contributed by atoms with Gasteiger partial charge in [0.25, 0.3) is 0 Å². The van der Waals surface area contributed by atoms with Crippen molar-refractivity contribution in [2.45, 2.75) is 18.9 Å². The van der Waals surface area contributed by atoms with Crippen LogP contribution in [0.1, 0.15) is 12.8 Å². The van der Waals surface area contributed by atoms with Crippen molar-refractivity contribution < 1.29 is 0 Å². The number of aliphatic imine (C=N–C) groups is 1. The normalized spacial score (nSPS) is 25.3. The van der Waals surface area contributed by atoms with Crippen molar-refractivity contribution >= 4 is 27.6 Å². The molecule has 2 fully saturated rings. The Labute approximate surface area is 153 Å². The largest absolute Gasteiger partial charge is 0.369 e. The molecule has 2 heterocycles. The summed E-state index contributed by atoms with van der Waals surface area (Å²) in [6.45, 7) is 5.51.